The first-order valence-electron chi connectivity index (χ1n) is 12.6. The molecule has 1 atom stereocenters. The molecule has 10 heteroatoms. The van der Waals surface area contributed by atoms with Crippen LogP contribution >= 0.6 is 11.6 Å². The third kappa shape index (κ3) is 7.92. The van der Waals surface area contributed by atoms with E-state index in [0.717, 1.165) is 42.7 Å². The number of carbonyl (C=O) groups excluding carboxylic acids is 2. The molecule has 202 valence electrons. The molecule has 1 N–H and O–H groups in total. The zero-order valence-corrected chi connectivity index (χ0v) is 23.1. The highest BCUT2D eigenvalue weighted by Gasteiger charge is 2.33. The van der Waals surface area contributed by atoms with Gasteiger partial charge in [-0.25, -0.2) is 12.8 Å². The molecule has 0 radical (unpaired) electrons. The van der Waals surface area contributed by atoms with Crippen LogP contribution in [0.5, 0.6) is 0 Å². The van der Waals surface area contributed by atoms with E-state index >= 15 is 0 Å². The first-order valence-corrected chi connectivity index (χ1v) is 14.8. The second-order valence-corrected chi connectivity index (χ2v) is 12.0. The average Bonchev–Trinajstić information content (AvgIpc) is 2.84. The van der Waals surface area contributed by atoms with E-state index in [1.807, 2.05) is 6.92 Å². The van der Waals surface area contributed by atoms with E-state index in [2.05, 4.69) is 5.32 Å². The number of sulfonamides is 1. The summed E-state index contributed by atoms with van der Waals surface area (Å²) in [4.78, 5) is 28.5. The molecular formula is C27H35ClFN3O4S. The van der Waals surface area contributed by atoms with Crippen molar-refractivity contribution in [3.05, 3.63) is 64.4 Å². The van der Waals surface area contributed by atoms with Gasteiger partial charge in [0.25, 0.3) is 0 Å². The van der Waals surface area contributed by atoms with Gasteiger partial charge < -0.3 is 10.2 Å². The predicted molar refractivity (Wildman–Crippen MR) is 144 cm³/mol. The molecule has 2 aromatic rings. The number of carbonyl (C=O) groups is 2. The van der Waals surface area contributed by atoms with Crippen LogP contribution in [-0.4, -0.2) is 50.0 Å². The summed E-state index contributed by atoms with van der Waals surface area (Å²) in [6.45, 7) is 3.07. The van der Waals surface area contributed by atoms with E-state index in [-0.39, 0.29) is 18.5 Å². The standard InChI is InChI=1S/C27H35ClFN3O4S/c1-4-24(27(34)30-23-8-6-5-7-9-23)31(17-20-10-13-22(29)14-11-20)26(33)18-32(37(3,35)36)25-15-12-21(28)16-19(25)2/h10-16,23-24H,4-9,17-18H2,1-3H3,(H,30,34)/t24-/m0/s1. The van der Waals surface area contributed by atoms with Gasteiger partial charge in [-0.05, 0) is 67.6 Å². The molecule has 7 nitrogen and oxygen atoms in total. The fraction of sp³-hybridized carbons (Fsp3) is 0.481. The Morgan fingerprint density at radius 1 is 1.11 bits per heavy atom. The number of amides is 2. The average molecular weight is 552 g/mol. The molecule has 1 saturated carbocycles. The number of nitrogens with one attached hydrogen (secondary N) is 1. The Kier molecular flexibility index (Phi) is 9.95. The van der Waals surface area contributed by atoms with E-state index < -0.39 is 34.3 Å². The van der Waals surface area contributed by atoms with Crippen LogP contribution in [0.4, 0.5) is 10.1 Å². The van der Waals surface area contributed by atoms with Gasteiger partial charge in [-0.3, -0.25) is 13.9 Å². The Labute approximate surface area is 224 Å². The topological polar surface area (TPSA) is 86.8 Å². The van der Waals surface area contributed by atoms with E-state index in [1.165, 1.54) is 17.0 Å². The van der Waals surface area contributed by atoms with E-state index in [4.69, 9.17) is 11.6 Å². The SMILES string of the molecule is CC[C@@H](C(=O)NC1CCCCC1)N(Cc1ccc(F)cc1)C(=O)CN(c1ccc(Cl)cc1C)S(C)(=O)=O. The highest BCUT2D eigenvalue weighted by atomic mass is 35.5. The first-order chi connectivity index (χ1) is 17.5. The minimum absolute atomic E-state index is 0.0346. The van der Waals surface area contributed by atoms with Crippen molar-refractivity contribution in [2.24, 2.45) is 0 Å². The number of halogens is 2. The zero-order valence-electron chi connectivity index (χ0n) is 21.5. The fourth-order valence-corrected chi connectivity index (χ4v) is 5.88. The maximum Gasteiger partial charge on any atom is 0.244 e. The van der Waals surface area contributed by atoms with Crippen molar-refractivity contribution in [2.75, 3.05) is 17.1 Å². The highest BCUT2D eigenvalue weighted by Crippen LogP contribution is 2.26. The molecule has 1 fully saturated rings. The third-order valence-corrected chi connectivity index (χ3v) is 8.07. The summed E-state index contributed by atoms with van der Waals surface area (Å²) in [6, 6.07) is 9.69. The smallest absolute Gasteiger partial charge is 0.244 e. The van der Waals surface area contributed by atoms with Gasteiger partial charge in [0, 0.05) is 17.6 Å². The number of hydrogen-bond donors (Lipinski definition) is 1. The summed E-state index contributed by atoms with van der Waals surface area (Å²) in [6.07, 6.45) is 6.39. The Balaban J connectivity index is 1.93. The highest BCUT2D eigenvalue weighted by molar-refractivity contribution is 7.92. The van der Waals surface area contributed by atoms with Gasteiger partial charge in [-0.15, -0.1) is 0 Å². The molecule has 0 spiro atoms. The van der Waals surface area contributed by atoms with Crippen LogP contribution in [0.25, 0.3) is 0 Å². The number of anilines is 1. The number of benzene rings is 2. The Morgan fingerprint density at radius 2 is 1.76 bits per heavy atom. The van der Waals surface area contributed by atoms with Crippen LogP contribution in [0.15, 0.2) is 42.5 Å². The molecule has 37 heavy (non-hydrogen) atoms. The quantitative estimate of drug-likeness (QED) is 0.459. The second kappa shape index (κ2) is 12.7. The lowest BCUT2D eigenvalue weighted by Crippen LogP contribution is -2.54. The normalized spacial score (nSPS) is 15.2. The molecule has 3 rings (SSSR count). The van der Waals surface area contributed by atoms with Gasteiger partial charge >= 0.3 is 0 Å². The lowest BCUT2D eigenvalue weighted by molar-refractivity contribution is -0.140. The van der Waals surface area contributed by atoms with Crippen LogP contribution in [0.1, 0.15) is 56.6 Å². The maximum absolute atomic E-state index is 13.8. The fourth-order valence-electron chi connectivity index (χ4n) is 4.74. The molecule has 1 aliphatic rings. The summed E-state index contributed by atoms with van der Waals surface area (Å²) in [5, 5.41) is 3.54. The Morgan fingerprint density at radius 3 is 2.32 bits per heavy atom. The number of aryl methyl sites for hydroxylation is 1. The Bertz CT molecular complexity index is 1200. The number of hydrogen-bond acceptors (Lipinski definition) is 4. The van der Waals surface area contributed by atoms with Gasteiger partial charge in [0.15, 0.2) is 0 Å². The molecule has 0 unspecified atom stereocenters. The van der Waals surface area contributed by atoms with Gasteiger partial charge in [-0.1, -0.05) is 49.9 Å². The summed E-state index contributed by atoms with van der Waals surface area (Å²) >= 11 is 6.05. The van der Waals surface area contributed by atoms with Crippen molar-refractivity contribution >= 4 is 39.1 Å². The minimum atomic E-state index is -3.84. The van der Waals surface area contributed by atoms with Crippen LogP contribution in [0, 0.1) is 12.7 Å². The monoisotopic (exact) mass is 551 g/mol. The summed E-state index contributed by atoms with van der Waals surface area (Å²) in [7, 11) is -3.84. The number of rotatable bonds is 10. The van der Waals surface area contributed by atoms with E-state index in [0.29, 0.717) is 28.3 Å². The van der Waals surface area contributed by atoms with Crippen LogP contribution in [-0.2, 0) is 26.2 Å². The van der Waals surface area contributed by atoms with E-state index in [1.54, 1.807) is 37.3 Å². The number of nitrogens with zero attached hydrogens (tertiary/aromatic N) is 2. The molecular weight excluding hydrogens is 517 g/mol. The third-order valence-electron chi connectivity index (χ3n) is 6.71. The zero-order chi connectivity index (χ0) is 27.2. The van der Waals surface area contributed by atoms with Crippen molar-refractivity contribution in [1.82, 2.24) is 10.2 Å². The van der Waals surface area contributed by atoms with E-state index in [9.17, 15) is 22.4 Å². The Hall–Kier alpha value is -2.65. The minimum Gasteiger partial charge on any atom is -0.352 e. The maximum atomic E-state index is 13.8. The van der Waals surface area contributed by atoms with Crippen molar-refractivity contribution in [3.63, 3.8) is 0 Å². The molecule has 0 saturated heterocycles. The van der Waals surface area contributed by atoms with Crippen LogP contribution in [0.3, 0.4) is 0 Å². The molecule has 0 aliphatic heterocycles. The summed E-state index contributed by atoms with van der Waals surface area (Å²) < 4.78 is 40.1. The van der Waals surface area contributed by atoms with Gasteiger partial charge in [0.2, 0.25) is 21.8 Å². The van der Waals surface area contributed by atoms with Crippen LogP contribution < -0.4 is 9.62 Å². The van der Waals surface area contributed by atoms with Gasteiger partial charge in [-0.2, -0.15) is 0 Å². The van der Waals surface area contributed by atoms with Crippen molar-refractivity contribution in [1.29, 1.82) is 0 Å². The summed E-state index contributed by atoms with van der Waals surface area (Å²) in [5.41, 5.74) is 1.56. The largest absolute Gasteiger partial charge is 0.352 e. The molecule has 1 aliphatic carbocycles. The van der Waals surface area contributed by atoms with Crippen molar-refractivity contribution < 1.29 is 22.4 Å². The van der Waals surface area contributed by atoms with Crippen molar-refractivity contribution in [2.45, 2.75) is 71.0 Å². The molecule has 2 aromatic carbocycles. The lowest BCUT2D eigenvalue weighted by atomic mass is 9.95. The molecule has 0 heterocycles. The lowest BCUT2D eigenvalue weighted by Gasteiger charge is -2.34. The van der Waals surface area contributed by atoms with Crippen LogP contribution in [0.2, 0.25) is 5.02 Å². The van der Waals surface area contributed by atoms with Gasteiger partial charge in [0.05, 0.1) is 11.9 Å². The predicted octanol–water partition coefficient (Wildman–Crippen LogP) is 4.81. The second-order valence-electron chi connectivity index (χ2n) is 9.62. The van der Waals surface area contributed by atoms with Gasteiger partial charge in [0.1, 0.15) is 18.4 Å². The molecule has 0 bridgehead atoms. The molecule has 0 aromatic heterocycles. The first kappa shape index (κ1) is 28.9. The van der Waals surface area contributed by atoms with Crippen molar-refractivity contribution in [3.8, 4) is 0 Å². The molecule has 2 amide bonds. The summed E-state index contributed by atoms with van der Waals surface area (Å²) in [5.74, 6) is -1.21.